The summed E-state index contributed by atoms with van der Waals surface area (Å²) in [7, 11) is 0. The molecule has 1 amide bonds. The van der Waals surface area contributed by atoms with Gasteiger partial charge in [-0.25, -0.2) is 4.79 Å². The van der Waals surface area contributed by atoms with Crippen LogP contribution in [0.5, 0.6) is 5.75 Å². The van der Waals surface area contributed by atoms with Crippen molar-refractivity contribution in [1.82, 2.24) is 9.47 Å². The third-order valence-corrected chi connectivity index (χ3v) is 7.10. The summed E-state index contributed by atoms with van der Waals surface area (Å²) < 4.78 is 50.7. The quantitative estimate of drug-likeness (QED) is 0.475. The fourth-order valence-electron chi connectivity index (χ4n) is 5.06. The number of aromatic nitrogens is 1. The van der Waals surface area contributed by atoms with Crippen LogP contribution >= 0.6 is 0 Å². The molecule has 39 heavy (non-hydrogen) atoms. The Balaban J connectivity index is 1.17. The Morgan fingerprint density at radius 2 is 1.74 bits per heavy atom. The summed E-state index contributed by atoms with van der Waals surface area (Å²) in [5.74, 6) is 0.215. The van der Waals surface area contributed by atoms with Crippen LogP contribution in [0, 0.1) is 11.3 Å². The normalized spacial score (nSPS) is 17.0. The minimum absolute atomic E-state index is 0.215. The number of hydrogen-bond acceptors (Lipinski definition) is 6. The minimum atomic E-state index is -4.41. The third-order valence-electron chi connectivity index (χ3n) is 7.10. The number of halogens is 3. The maximum atomic E-state index is 12.8. The molecule has 1 N–H and O–H groups in total. The molecule has 3 heterocycles. The van der Waals surface area contributed by atoms with Gasteiger partial charge in [0.1, 0.15) is 6.07 Å². The number of nitrogens with zero attached hydrogens (tertiary/aromatic N) is 4. The molecule has 0 bridgehead atoms. The summed E-state index contributed by atoms with van der Waals surface area (Å²) in [5, 5.41) is 12.4. The molecule has 2 fully saturated rings. The van der Waals surface area contributed by atoms with Crippen LogP contribution in [-0.4, -0.2) is 61.0 Å². The van der Waals surface area contributed by atoms with Gasteiger partial charge in [-0.1, -0.05) is 0 Å². The second-order valence-corrected chi connectivity index (χ2v) is 9.52. The number of anilines is 2. The Morgan fingerprint density at radius 3 is 2.41 bits per heavy atom. The SMILES string of the molecule is N#Cc1cc(NC(=O)Oc2ccn(-c3ccc(C(F)(F)F)cc3)c2)ccc1N1CCC(N2CCOCC2)CC1. The molecule has 5 rings (SSSR count). The standard InChI is InChI=1S/C28H28F3N5O3/c29-28(30,31)21-1-4-23(5-2-21)36-12-9-25(19-36)39-27(37)33-22-3-6-26(20(17-22)18-32)35-10-7-24(8-11-35)34-13-15-38-16-14-34/h1-6,9,12,17,19,24H,7-8,10-11,13-16H2,(H,33,37). The summed E-state index contributed by atoms with van der Waals surface area (Å²) in [6.45, 7) is 5.18. The molecule has 2 aliphatic heterocycles. The molecule has 0 radical (unpaired) electrons. The number of morpholine rings is 1. The lowest BCUT2D eigenvalue weighted by Crippen LogP contribution is -2.49. The first-order valence-electron chi connectivity index (χ1n) is 12.8. The number of ether oxygens (including phenoxy) is 2. The average Bonchev–Trinajstić information content (AvgIpc) is 3.41. The van der Waals surface area contributed by atoms with Gasteiger partial charge in [0.05, 0.1) is 36.2 Å². The van der Waals surface area contributed by atoms with Gasteiger partial charge in [-0.15, -0.1) is 0 Å². The topological polar surface area (TPSA) is 82.8 Å². The summed E-state index contributed by atoms with van der Waals surface area (Å²) in [6.07, 6.45) is -0.0524. The molecule has 2 aromatic carbocycles. The largest absolute Gasteiger partial charge is 0.417 e. The fourth-order valence-corrected chi connectivity index (χ4v) is 5.06. The first-order valence-corrected chi connectivity index (χ1v) is 12.8. The molecule has 8 nitrogen and oxygen atoms in total. The van der Waals surface area contributed by atoms with Crippen molar-refractivity contribution in [3.05, 3.63) is 72.1 Å². The number of alkyl halides is 3. The van der Waals surface area contributed by atoms with E-state index >= 15 is 0 Å². The van der Waals surface area contributed by atoms with Gasteiger partial charge in [0, 0.05) is 49.8 Å². The van der Waals surface area contributed by atoms with E-state index < -0.39 is 17.8 Å². The molecule has 0 unspecified atom stereocenters. The zero-order valence-corrected chi connectivity index (χ0v) is 21.2. The summed E-state index contributed by atoms with van der Waals surface area (Å²) in [5.41, 5.74) is 1.47. The first-order chi connectivity index (χ1) is 18.8. The number of rotatable bonds is 5. The van der Waals surface area contributed by atoms with E-state index in [9.17, 15) is 23.2 Å². The van der Waals surface area contributed by atoms with Gasteiger partial charge in [-0.2, -0.15) is 18.4 Å². The predicted molar refractivity (Wildman–Crippen MR) is 139 cm³/mol. The molecule has 2 aliphatic rings. The van der Waals surface area contributed by atoms with Crippen molar-refractivity contribution in [3.63, 3.8) is 0 Å². The van der Waals surface area contributed by atoms with Crippen molar-refractivity contribution in [2.24, 2.45) is 0 Å². The maximum Gasteiger partial charge on any atom is 0.417 e. The zero-order chi connectivity index (χ0) is 27.4. The summed E-state index contributed by atoms with van der Waals surface area (Å²) in [4.78, 5) is 17.2. The molecule has 0 spiro atoms. The van der Waals surface area contributed by atoms with E-state index in [0.717, 1.165) is 70.1 Å². The molecule has 0 saturated carbocycles. The first kappa shape index (κ1) is 26.6. The average molecular weight is 540 g/mol. The van der Waals surface area contributed by atoms with Crippen LogP contribution in [0.3, 0.4) is 0 Å². The van der Waals surface area contributed by atoms with Crippen LogP contribution in [0.1, 0.15) is 24.0 Å². The number of amides is 1. The Labute approximate surface area is 224 Å². The molecule has 204 valence electrons. The Bertz CT molecular complexity index is 1340. The molecule has 11 heteroatoms. The minimum Gasteiger partial charge on any atom is -0.408 e. The Morgan fingerprint density at radius 1 is 1.03 bits per heavy atom. The van der Waals surface area contributed by atoms with E-state index in [-0.39, 0.29) is 5.75 Å². The maximum absolute atomic E-state index is 12.8. The molecule has 3 aromatic rings. The summed E-state index contributed by atoms with van der Waals surface area (Å²) >= 11 is 0. The van der Waals surface area contributed by atoms with E-state index in [1.54, 1.807) is 22.9 Å². The number of benzene rings is 2. The zero-order valence-electron chi connectivity index (χ0n) is 21.2. The molecule has 0 atom stereocenters. The number of nitrogens with one attached hydrogen (secondary N) is 1. The van der Waals surface area contributed by atoms with E-state index in [1.165, 1.54) is 24.4 Å². The van der Waals surface area contributed by atoms with Crippen molar-refractivity contribution in [3.8, 4) is 17.5 Å². The fraction of sp³-hybridized carbons (Fsp3) is 0.357. The van der Waals surface area contributed by atoms with Gasteiger partial charge in [0.25, 0.3) is 0 Å². The van der Waals surface area contributed by atoms with E-state index in [4.69, 9.17) is 9.47 Å². The highest BCUT2D eigenvalue weighted by atomic mass is 19.4. The highest BCUT2D eigenvalue weighted by Gasteiger charge is 2.30. The van der Waals surface area contributed by atoms with Crippen LogP contribution < -0.4 is 15.0 Å². The number of carbonyl (C=O) groups is 1. The molecule has 1 aromatic heterocycles. The monoisotopic (exact) mass is 539 g/mol. The van der Waals surface area contributed by atoms with Crippen molar-refractivity contribution >= 4 is 17.5 Å². The number of hydrogen-bond donors (Lipinski definition) is 1. The van der Waals surface area contributed by atoms with Gasteiger partial charge in [0.2, 0.25) is 0 Å². The Hall–Kier alpha value is -4.01. The van der Waals surface area contributed by atoms with Crippen molar-refractivity contribution in [1.29, 1.82) is 5.26 Å². The predicted octanol–water partition coefficient (Wildman–Crippen LogP) is 5.28. The van der Waals surface area contributed by atoms with Gasteiger partial charge in [-0.05, 0) is 61.4 Å². The van der Waals surface area contributed by atoms with Crippen LogP contribution in [0.25, 0.3) is 5.69 Å². The molecular weight excluding hydrogens is 511 g/mol. The van der Waals surface area contributed by atoms with E-state index in [1.807, 2.05) is 6.07 Å². The lowest BCUT2D eigenvalue weighted by Gasteiger charge is -2.41. The van der Waals surface area contributed by atoms with Crippen molar-refractivity contribution in [2.75, 3.05) is 49.6 Å². The molecule has 2 saturated heterocycles. The van der Waals surface area contributed by atoms with E-state index in [2.05, 4.69) is 21.2 Å². The van der Waals surface area contributed by atoms with Crippen LogP contribution in [-0.2, 0) is 10.9 Å². The smallest absolute Gasteiger partial charge is 0.408 e. The van der Waals surface area contributed by atoms with Crippen molar-refractivity contribution in [2.45, 2.75) is 25.1 Å². The molecular formula is C28H28F3N5O3. The lowest BCUT2D eigenvalue weighted by molar-refractivity contribution is -0.137. The number of nitriles is 1. The van der Waals surface area contributed by atoms with Crippen LogP contribution in [0.15, 0.2) is 60.9 Å². The Kier molecular flexibility index (Phi) is 7.77. The van der Waals surface area contributed by atoms with Gasteiger partial charge < -0.3 is 18.9 Å². The van der Waals surface area contributed by atoms with E-state index in [0.29, 0.717) is 23.0 Å². The van der Waals surface area contributed by atoms with Crippen LogP contribution in [0.2, 0.25) is 0 Å². The second kappa shape index (κ2) is 11.4. The van der Waals surface area contributed by atoms with Gasteiger partial charge in [-0.3, -0.25) is 10.2 Å². The highest BCUT2D eigenvalue weighted by molar-refractivity contribution is 5.87. The highest BCUT2D eigenvalue weighted by Crippen LogP contribution is 2.30. The second-order valence-electron chi connectivity index (χ2n) is 9.52. The van der Waals surface area contributed by atoms with Crippen molar-refractivity contribution < 1.29 is 27.4 Å². The molecule has 0 aliphatic carbocycles. The summed E-state index contributed by atoms with van der Waals surface area (Å²) in [6, 6.07) is 14.1. The van der Waals surface area contributed by atoms with Crippen LogP contribution in [0.4, 0.5) is 29.3 Å². The number of carbonyl (C=O) groups excluding carboxylic acids is 1. The van der Waals surface area contributed by atoms with Gasteiger partial charge >= 0.3 is 12.3 Å². The lowest BCUT2D eigenvalue weighted by atomic mass is 10.0. The van der Waals surface area contributed by atoms with Gasteiger partial charge in [0.15, 0.2) is 5.75 Å². The third kappa shape index (κ3) is 6.35. The number of piperidine rings is 1.